The summed E-state index contributed by atoms with van der Waals surface area (Å²) >= 11 is 1.41. The minimum atomic E-state index is -0.444. The standard InChI is InChI=1S/C24H22FN3O3S/c25-20-8-13-1-3-15(20)12-2-4-17(24-27-14(10-29)11-32-24)19(7-12)16(5-6-22(26)30)21-9-18(13)23(31)28-21/h1-4,7-8,11,16,18,21,29H,5-6,9-10H2,(H2,26,30)(H,28,31)/t16-,18-,21-/m0/s1. The Morgan fingerprint density at radius 3 is 2.78 bits per heavy atom. The second-order valence-electron chi connectivity index (χ2n) is 8.36. The topological polar surface area (TPSA) is 105 Å². The van der Waals surface area contributed by atoms with Crippen LogP contribution in [0.5, 0.6) is 0 Å². The third kappa shape index (κ3) is 3.59. The van der Waals surface area contributed by atoms with Crippen molar-refractivity contribution in [2.75, 3.05) is 0 Å². The van der Waals surface area contributed by atoms with Gasteiger partial charge in [-0.3, -0.25) is 9.59 Å². The summed E-state index contributed by atoms with van der Waals surface area (Å²) in [6, 6.07) is 10.5. The van der Waals surface area contributed by atoms with E-state index in [1.54, 1.807) is 11.4 Å². The molecule has 2 aromatic carbocycles. The molecule has 1 aliphatic heterocycles. The zero-order valence-electron chi connectivity index (χ0n) is 17.2. The molecule has 1 aromatic heterocycles. The summed E-state index contributed by atoms with van der Waals surface area (Å²) in [4.78, 5) is 29.0. The molecule has 3 aromatic rings. The number of rotatable bonds is 5. The molecule has 3 aliphatic rings. The molecule has 0 spiro atoms. The Morgan fingerprint density at radius 2 is 2.06 bits per heavy atom. The number of nitrogens with two attached hydrogens (primary N) is 1. The van der Waals surface area contributed by atoms with Gasteiger partial charge in [0.1, 0.15) is 10.8 Å². The number of nitrogens with one attached hydrogen (secondary N) is 1. The van der Waals surface area contributed by atoms with Crippen molar-refractivity contribution in [3.05, 3.63) is 64.4 Å². The number of aromatic nitrogens is 1. The van der Waals surface area contributed by atoms with Crippen molar-refractivity contribution in [3.63, 3.8) is 0 Å². The zero-order valence-corrected chi connectivity index (χ0v) is 18.0. The maximum Gasteiger partial charge on any atom is 0.227 e. The van der Waals surface area contributed by atoms with E-state index in [2.05, 4.69) is 10.3 Å². The van der Waals surface area contributed by atoms with Gasteiger partial charge in [-0.05, 0) is 41.7 Å². The van der Waals surface area contributed by atoms with Crippen LogP contribution in [0.4, 0.5) is 4.39 Å². The Bertz CT molecular complexity index is 1220. The molecule has 1 saturated heterocycles. The second-order valence-corrected chi connectivity index (χ2v) is 9.22. The first-order valence-corrected chi connectivity index (χ1v) is 11.4. The maximum atomic E-state index is 15.1. The minimum absolute atomic E-state index is 0.138. The number of thiazole rings is 1. The number of fused-ring (bicyclic) bond motifs is 2. The molecule has 8 heteroatoms. The molecule has 3 atom stereocenters. The smallest absolute Gasteiger partial charge is 0.227 e. The van der Waals surface area contributed by atoms with Crippen molar-refractivity contribution >= 4 is 23.2 Å². The predicted molar refractivity (Wildman–Crippen MR) is 119 cm³/mol. The predicted octanol–water partition coefficient (Wildman–Crippen LogP) is 3.44. The molecule has 4 N–H and O–H groups in total. The van der Waals surface area contributed by atoms with Gasteiger partial charge in [0.05, 0.1) is 18.2 Å². The van der Waals surface area contributed by atoms with Crippen molar-refractivity contribution in [1.82, 2.24) is 10.3 Å². The number of primary amides is 1. The Morgan fingerprint density at radius 1 is 1.25 bits per heavy atom. The molecule has 0 unspecified atom stereocenters. The normalized spacial score (nSPS) is 21.3. The Kier molecular flexibility index (Phi) is 5.27. The number of carbonyl (C=O) groups excluding carboxylic acids is 2. The van der Waals surface area contributed by atoms with E-state index in [4.69, 9.17) is 5.73 Å². The number of hydrogen-bond donors (Lipinski definition) is 3. The summed E-state index contributed by atoms with van der Waals surface area (Å²) in [7, 11) is 0. The highest BCUT2D eigenvalue weighted by molar-refractivity contribution is 7.13. The molecule has 1 fully saturated rings. The summed E-state index contributed by atoms with van der Waals surface area (Å²) < 4.78 is 15.1. The molecule has 6 rings (SSSR count). The molecule has 164 valence electrons. The third-order valence-electron chi connectivity index (χ3n) is 6.42. The largest absolute Gasteiger partial charge is 0.390 e. The number of benzene rings is 2. The summed E-state index contributed by atoms with van der Waals surface area (Å²) in [6.07, 6.45) is 1.13. The number of carbonyl (C=O) groups is 2. The van der Waals surface area contributed by atoms with Crippen molar-refractivity contribution in [3.8, 4) is 21.7 Å². The van der Waals surface area contributed by atoms with Crippen molar-refractivity contribution in [2.45, 2.75) is 43.7 Å². The van der Waals surface area contributed by atoms with Crippen LogP contribution in [0.25, 0.3) is 21.7 Å². The van der Waals surface area contributed by atoms with E-state index in [9.17, 15) is 14.7 Å². The fourth-order valence-electron chi connectivity index (χ4n) is 4.84. The van der Waals surface area contributed by atoms with E-state index in [0.29, 0.717) is 29.7 Å². The van der Waals surface area contributed by atoms with E-state index >= 15 is 4.39 Å². The van der Waals surface area contributed by atoms with Gasteiger partial charge in [-0.2, -0.15) is 0 Å². The van der Waals surface area contributed by atoms with Gasteiger partial charge in [-0.15, -0.1) is 11.3 Å². The lowest BCUT2D eigenvalue weighted by molar-refractivity contribution is -0.120. The first-order chi connectivity index (χ1) is 15.4. The van der Waals surface area contributed by atoms with E-state index in [1.807, 2.05) is 24.3 Å². The molecule has 6 bridgehead atoms. The molecule has 2 heterocycles. The lowest BCUT2D eigenvalue weighted by atomic mass is 9.82. The van der Waals surface area contributed by atoms with Crippen LogP contribution in [0, 0.1) is 5.82 Å². The van der Waals surface area contributed by atoms with Gasteiger partial charge < -0.3 is 16.2 Å². The highest BCUT2D eigenvalue weighted by atomic mass is 32.1. The SMILES string of the molecule is NC(=O)CC[C@H]1c2cc(ccc2-c2nc(CO)cs2)-c2ccc(cc2F)[C@@H]2C[C@@H]1NC2=O. The summed E-state index contributed by atoms with van der Waals surface area (Å²) in [6.45, 7) is -0.160. The molecule has 6 nitrogen and oxygen atoms in total. The Labute approximate surface area is 188 Å². The summed E-state index contributed by atoms with van der Waals surface area (Å²) in [5, 5.41) is 15.1. The number of aliphatic hydroxyl groups is 1. The van der Waals surface area contributed by atoms with Crippen molar-refractivity contribution < 1.29 is 19.1 Å². The molecule has 0 saturated carbocycles. The van der Waals surface area contributed by atoms with Gasteiger partial charge in [0.25, 0.3) is 0 Å². The number of nitrogens with zero attached hydrogens (tertiary/aromatic N) is 1. The van der Waals surface area contributed by atoms with Crippen LogP contribution < -0.4 is 11.1 Å². The van der Waals surface area contributed by atoms with Crippen LogP contribution in [-0.2, 0) is 16.2 Å². The molecular weight excluding hydrogens is 429 g/mol. The third-order valence-corrected chi connectivity index (χ3v) is 7.35. The van der Waals surface area contributed by atoms with Gasteiger partial charge in [-0.25, -0.2) is 9.37 Å². The van der Waals surface area contributed by atoms with Crippen molar-refractivity contribution in [1.29, 1.82) is 0 Å². The number of hydrogen-bond acceptors (Lipinski definition) is 5. The molecule has 32 heavy (non-hydrogen) atoms. The summed E-state index contributed by atoms with van der Waals surface area (Å²) in [5.74, 6) is -1.56. The minimum Gasteiger partial charge on any atom is -0.390 e. The summed E-state index contributed by atoms with van der Waals surface area (Å²) in [5.41, 5.74) is 9.61. The first kappa shape index (κ1) is 20.8. The molecule has 2 amide bonds. The fraction of sp³-hybridized carbons (Fsp3) is 0.292. The number of aliphatic hydroxyl groups excluding tert-OH is 1. The van der Waals surface area contributed by atoms with Crippen LogP contribution in [0.15, 0.2) is 41.8 Å². The molecule has 0 radical (unpaired) electrons. The van der Waals surface area contributed by atoms with Crippen LogP contribution in [0.2, 0.25) is 0 Å². The van der Waals surface area contributed by atoms with E-state index in [0.717, 1.165) is 21.7 Å². The van der Waals surface area contributed by atoms with Crippen LogP contribution >= 0.6 is 11.3 Å². The lowest BCUT2D eigenvalue weighted by Crippen LogP contribution is -2.32. The zero-order chi connectivity index (χ0) is 22.4. The van der Waals surface area contributed by atoms with Crippen molar-refractivity contribution in [2.24, 2.45) is 5.73 Å². The highest BCUT2D eigenvalue weighted by Gasteiger charge is 2.39. The number of halogens is 1. The average molecular weight is 452 g/mol. The Hall–Kier alpha value is -3.10. The van der Waals surface area contributed by atoms with E-state index in [1.165, 1.54) is 17.4 Å². The maximum absolute atomic E-state index is 15.1. The lowest BCUT2D eigenvalue weighted by Gasteiger charge is -2.26. The number of amides is 2. The van der Waals surface area contributed by atoms with Crippen LogP contribution in [0.3, 0.4) is 0 Å². The van der Waals surface area contributed by atoms with E-state index in [-0.39, 0.29) is 36.7 Å². The molecule has 2 aliphatic carbocycles. The van der Waals surface area contributed by atoms with Crippen LogP contribution in [0.1, 0.15) is 47.9 Å². The fourth-order valence-corrected chi connectivity index (χ4v) is 5.70. The van der Waals surface area contributed by atoms with Gasteiger partial charge in [0.15, 0.2) is 0 Å². The van der Waals surface area contributed by atoms with Crippen LogP contribution in [-0.4, -0.2) is 27.9 Å². The van der Waals surface area contributed by atoms with Gasteiger partial charge in [-0.1, -0.05) is 24.3 Å². The Balaban J connectivity index is 1.73. The van der Waals surface area contributed by atoms with Gasteiger partial charge in [0.2, 0.25) is 11.8 Å². The molecular formula is C24H22FN3O3S. The monoisotopic (exact) mass is 451 g/mol. The average Bonchev–Trinajstić information content (AvgIpc) is 3.39. The first-order valence-electron chi connectivity index (χ1n) is 10.5. The quantitative estimate of drug-likeness (QED) is 0.553. The van der Waals surface area contributed by atoms with E-state index < -0.39 is 11.8 Å². The van der Waals surface area contributed by atoms with Gasteiger partial charge >= 0.3 is 0 Å². The van der Waals surface area contributed by atoms with Gasteiger partial charge in [0, 0.05) is 34.9 Å². The highest BCUT2D eigenvalue weighted by Crippen LogP contribution is 2.43. The second kappa shape index (κ2) is 8.11.